The molecule has 0 bridgehead atoms. The van der Waals surface area contributed by atoms with Crippen LogP contribution in [0.15, 0.2) is 22.8 Å². The van der Waals surface area contributed by atoms with Gasteiger partial charge in [-0.3, -0.25) is 4.40 Å². The number of aromatic nitrogens is 2. The van der Waals surface area contributed by atoms with Crippen LogP contribution >= 0.6 is 15.9 Å². The predicted octanol–water partition coefficient (Wildman–Crippen LogP) is 1.62. The summed E-state index contributed by atoms with van der Waals surface area (Å²) in [4.78, 5) is 6.42. The van der Waals surface area contributed by atoms with Crippen molar-refractivity contribution in [1.29, 1.82) is 0 Å². The first kappa shape index (κ1) is 10.4. The first-order chi connectivity index (χ1) is 7.15. The van der Waals surface area contributed by atoms with Crippen LogP contribution in [0, 0.1) is 0 Å². The summed E-state index contributed by atoms with van der Waals surface area (Å²) in [7, 11) is 4.01. The standard InChI is InChI=1S/C10H13BrN4/c1-14(2)9-5-3-4-7-10(11)13-8(6-12)15(7)9/h3-5H,6,12H2,1-2H3. The average molecular weight is 269 g/mol. The molecule has 2 aromatic heterocycles. The number of nitrogens with zero attached hydrogens (tertiary/aromatic N) is 3. The fraction of sp³-hybridized carbons (Fsp3) is 0.300. The second-order valence-corrected chi connectivity index (χ2v) is 4.27. The van der Waals surface area contributed by atoms with E-state index < -0.39 is 0 Å². The van der Waals surface area contributed by atoms with Gasteiger partial charge in [-0.25, -0.2) is 4.98 Å². The molecule has 4 nitrogen and oxygen atoms in total. The van der Waals surface area contributed by atoms with Gasteiger partial charge >= 0.3 is 0 Å². The summed E-state index contributed by atoms with van der Waals surface area (Å²) in [5, 5.41) is 0. The number of fused-ring (bicyclic) bond motifs is 1. The molecule has 2 N–H and O–H groups in total. The minimum Gasteiger partial charge on any atom is -0.364 e. The van der Waals surface area contributed by atoms with E-state index in [-0.39, 0.29) is 0 Å². The van der Waals surface area contributed by atoms with Crippen LogP contribution in [-0.4, -0.2) is 23.5 Å². The minimum absolute atomic E-state index is 0.428. The van der Waals surface area contributed by atoms with Gasteiger partial charge in [-0.2, -0.15) is 0 Å². The number of nitrogens with two attached hydrogens (primary N) is 1. The molecule has 0 aromatic carbocycles. The second-order valence-electron chi connectivity index (χ2n) is 3.52. The Morgan fingerprint density at radius 2 is 2.20 bits per heavy atom. The zero-order valence-electron chi connectivity index (χ0n) is 8.74. The molecular formula is C10H13BrN4. The van der Waals surface area contributed by atoms with Gasteiger partial charge in [0, 0.05) is 14.1 Å². The van der Waals surface area contributed by atoms with Crippen molar-refractivity contribution < 1.29 is 0 Å². The van der Waals surface area contributed by atoms with Crippen molar-refractivity contribution in [3.63, 3.8) is 0 Å². The molecule has 15 heavy (non-hydrogen) atoms. The van der Waals surface area contributed by atoms with E-state index in [2.05, 4.69) is 25.3 Å². The number of anilines is 1. The van der Waals surface area contributed by atoms with E-state index in [0.717, 1.165) is 21.8 Å². The van der Waals surface area contributed by atoms with Crippen LogP contribution in [0.25, 0.3) is 5.52 Å². The highest BCUT2D eigenvalue weighted by Gasteiger charge is 2.11. The zero-order chi connectivity index (χ0) is 11.0. The molecular weight excluding hydrogens is 256 g/mol. The van der Waals surface area contributed by atoms with Crippen molar-refractivity contribution in [2.75, 3.05) is 19.0 Å². The van der Waals surface area contributed by atoms with Gasteiger partial charge in [0.15, 0.2) is 0 Å². The summed E-state index contributed by atoms with van der Waals surface area (Å²) in [6.45, 7) is 0.428. The van der Waals surface area contributed by atoms with Gasteiger partial charge in [0.25, 0.3) is 0 Å². The first-order valence-corrected chi connectivity index (χ1v) is 5.47. The van der Waals surface area contributed by atoms with Crippen molar-refractivity contribution >= 4 is 27.3 Å². The Morgan fingerprint density at radius 3 is 2.80 bits per heavy atom. The molecule has 0 spiro atoms. The van der Waals surface area contributed by atoms with Crippen LogP contribution in [0.4, 0.5) is 5.82 Å². The number of rotatable bonds is 2. The highest BCUT2D eigenvalue weighted by Crippen LogP contribution is 2.24. The summed E-state index contributed by atoms with van der Waals surface area (Å²) in [6, 6.07) is 6.07. The number of imidazole rings is 1. The lowest BCUT2D eigenvalue weighted by Crippen LogP contribution is -2.15. The normalized spacial score (nSPS) is 10.9. The molecule has 0 aliphatic rings. The molecule has 0 radical (unpaired) electrons. The number of pyridine rings is 1. The maximum Gasteiger partial charge on any atom is 0.132 e. The molecule has 0 fully saturated rings. The molecule has 0 atom stereocenters. The quantitative estimate of drug-likeness (QED) is 0.901. The summed E-state index contributed by atoms with van der Waals surface area (Å²) in [5.41, 5.74) is 6.72. The van der Waals surface area contributed by atoms with Gasteiger partial charge in [-0.1, -0.05) is 6.07 Å². The van der Waals surface area contributed by atoms with Gasteiger partial charge in [0.05, 0.1) is 12.1 Å². The number of hydrogen-bond donors (Lipinski definition) is 1. The van der Waals surface area contributed by atoms with Crippen LogP contribution < -0.4 is 10.6 Å². The Hall–Kier alpha value is -1.07. The minimum atomic E-state index is 0.428. The van der Waals surface area contributed by atoms with Gasteiger partial charge in [-0.05, 0) is 28.1 Å². The SMILES string of the molecule is CN(C)c1cccc2c(Br)nc(CN)n12. The smallest absolute Gasteiger partial charge is 0.132 e. The van der Waals surface area contributed by atoms with E-state index in [9.17, 15) is 0 Å². The van der Waals surface area contributed by atoms with E-state index >= 15 is 0 Å². The molecule has 0 saturated carbocycles. The highest BCUT2D eigenvalue weighted by atomic mass is 79.9. The second kappa shape index (κ2) is 3.83. The fourth-order valence-electron chi connectivity index (χ4n) is 1.64. The lowest BCUT2D eigenvalue weighted by Gasteiger charge is -2.15. The van der Waals surface area contributed by atoms with Gasteiger partial charge in [0.2, 0.25) is 0 Å². The predicted molar refractivity (Wildman–Crippen MR) is 65.1 cm³/mol. The first-order valence-electron chi connectivity index (χ1n) is 4.68. The van der Waals surface area contributed by atoms with E-state index in [4.69, 9.17) is 5.73 Å². The van der Waals surface area contributed by atoms with Crippen molar-refractivity contribution in [1.82, 2.24) is 9.38 Å². The Balaban J connectivity index is 2.82. The molecule has 80 valence electrons. The Labute approximate surface area is 96.8 Å². The van der Waals surface area contributed by atoms with Crippen molar-refractivity contribution in [2.45, 2.75) is 6.54 Å². The molecule has 0 aliphatic carbocycles. The van der Waals surface area contributed by atoms with Crippen LogP contribution in [-0.2, 0) is 6.54 Å². The summed E-state index contributed by atoms with van der Waals surface area (Å²) >= 11 is 3.44. The largest absolute Gasteiger partial charge is 0.364 e. The zero-order valence-corrected chi connectivity index (χ0v) is 10.3. The van der Waals surface area contributed by atoms with Gasteiger partial charge in [0.1, 0.15) is 16.2 Å². The molecule has 0 saturated heterocycles. The van der Waals surface area contributed by atoms with Gasteiger partial charge < -0.3 is 10.6 Å². The summed E-state index contributed by atoms with van der Waals surface area (Å²) < 4.78 is 2.90. The molecule has 0 amide bonds. The van der Waals surface area contributed by atoms with Crippen molar-refractivity contribution in [3.05, 3.63) is 28.6 Å². The maximum atomic E-state index is 5.68. The van der Waals surface area contributed by atoms with Gasteiger partial charge in [-0.15, -0.1) is 0 Å². The number of halogens is 1. The van der Waals surface area contributed by atoms with E-state index in [0.29, 0.717) is 6.54 Å². The molecule has 2 aromatic rings. The fourth-order valence-corrected chi connectivity index (χ4v) is 2.15. The monoisotopic (exact) mass is 268 g/mol. The van der Waals surface area contributed by atoms with E-state index in [1.165, 1.54) is 0 Å². The summed E-state index contributed by atoms with van der Waals surface area (Å²) in [6.07, 6.45) is 0. The summed E-state index contributed by atoms with van der Waals surface area (Å²) in [5.74, 6) is 1.94. The van der Waals surface area contributed by atoms with Crippen LogP contribution in [0.1, 0.15) is 5.82 Å². The Bertz CT molecular complexity index is 489. The topological polar surface area (TPSA) is 46.6 Å². The molecule has 2 heterocycles. The molecule has 5 heteroatoms. The molecule has 0 unspecified atom stereocenters. The van der Waals surface area contributed by atoms with E-state index in [1.807, 2.05) is 37.2 Å². The average Bonchev–Trinajstić information content (AvgIpc) is 2.55. The molecule has 0 aliphatic heterocycles. The highest BCUT2D eigenvalue weighted by molar-refractivity contribution is 9.10. The van der Waals surface area contributed by atoms with Crippen LogP contribution in [0.3, 0.4) is 0 Å². The lowest BCUT2D eigenvalue weighted by atomic mass is 10.4. The number of hydrogen-bond acceptors (Lipinski definition) is 3. The van der Waals surface area contributed by atoms with Crippen LogP contribution in [0.2, 0.25) is 0 Å². The molecule has 2 rings (SSSR count). The van der Waals surface area contributed by atoms with Crippen molar-refractivity contribution in [2.24, 2.45) is 5.73 Å². The van der Waals surface area contributed by atoms with Crippen molar-refractivity contribution in [3.8, 4) is 0 Å². The maximum absolute atomic E-state index is 5.68. The van der Waals surface area contributed by atoms with E-state index in [1.54, 1.807) is 0 Å². The Kier molecular flexibility index (Phi) is 2.67. The van der Waals surface area contributed by atoms with Crippen LogP contribution in [0.5, 0.6) is 0 Å². The third kappa shape index (κ3) is 1.61. The third-order valence-electron chi connectivity index (χ3n) is 2.31. The Morgan fingerprint density at radius 1 is 1.47 bits per heavy atom. The third-order valence-corrected chi connectivity index (χ3v) is 2.89. The lowest BCUT2D eigenvalue weighted by molar-refractivity contribution is 0.884.